The Labute approximate surface area is 107 Å². The first-order valence-corrected chi connectivity index (χ1v) is 6.60. The molecule has 3 heteroatoms. The molecule has 0 aliphatic carbocycles. The number of nitrogens with one attached hydrogen (secondary N) is 1. The monoisotopic (exact) mass is 285 g/mol. The molecule has 0 heterocycles. The zero-order chi connectivity index (χ0) is 11.8. The van der Waals surface area contributed by atoms with E-state index in [1.165, 1.54) is 5.56 Å². The van der Waals surface area contributed by atoms with Crippen LogP contribution in [0.15, 0.2) is 28.7 Å². The van der Waals surface area contributed by atoms with Crippen LogP contribution in [0.3, 0.4) is 0 Å². The molecule has 0 aliphatic heterocycles. The molecule has 2 nitrogen and oxygen atoms in total. The molecule has 1 aromatic rings. The molecule has 90 valence electrons. The van der Waals surface area contributed by atoms with Gasteiger partial charge < -0.3 is 10.1 Å². The second kappa shape index (κ2) is 7.82. The lowest BCUT2D eigenvalue weighted by Gasteiger charge is -2.14. The molecule has 0 saturated carbocycles. The zero-order valence-electron chi connectivity index (χ0n) is 10.0. The number of benzene rings is 1. The highest BCUT2D eigenvalue weighted by atomic mass is 79.9. The van der Waals surface area contributed by atoms with Crippen LogP contribution in [0.4, 0.5) is 0 Å². The lowest BCUT2D eigenvalue weighted by atomic mass is 10.1. The third kappa shape index (κ3) is 5.10. The van der Waals surface area contributed by atoms with Crippen molar-refractivity contribution in [2.45, 2.75) is 26.3 Å². The van der Waals surface area contributed by atoms with Crippen molar-refractivity contribution in [3.63, 3.8) is 0 Å². The maximum absolute atomic E-state index is 5.42. The van der Waals surface area contributed by atoms with Gasteiger partial charge in [0.15, 0.2) is 0 Å². The number of halogens is 1. The number of hydrogen-bond acceptors (Lipinski definition) is 2. The first-order chi connectivity index (χ1) is 7.74. The van der Waals surface area contributed by atoms with Crippen LogP contribution >= 0.6 is 15.9 Å². The van der Waals surface area contributed by atoms with Crippen LogP contribution in [0.2, 0.25) is 0 Å². The van der Waals surface area contributed by atoms with Gasteiger partial charge in [-0.3, -0.25) is 0 Å². The van der Waals surface area contributed by atoms with Gasteiger partial charge in [-0.1, -0.05) is 35.0 Å². The molecule has 1 N–H and O–H groups in total. The molecule has 1 rings (SSSR count). The van der Waals surface area contributed by atoms with E-state index in [9.17, 15) is 0 Å². The van der Waals surface area contributed by atoms with Crippen molar-refractivity contribution >= 4 is 15.9 Å². The summed E-state index contributed by atoms with van der Waals surface area (Å²) in [5, 5.41) is 3.44. The summed E-state index contributed by atoms with van der Waals surface area (Å²) in [4.78, 5) is 0. The lowest BCUT2D eigenvalue weighted by molar-refractivity contribution is 0.135. The average Bonchev–Trinajstić information content (AvgIpc) is 2.29. The Morgan fingerprint density at radius 2 is 1.94 bits per heavy atom. The van der Waals surface area contributed by atoms with Gasteiger partial charge in [-0.15, -0.1) is 0 Å². The van der Waals surface area contributed by atoms with E-state index >= 15 is 0 Å². The fourth-order valence-electron chi connectivity index (χ4n) is 1.46. The van der Waals surface area contributed by atoms with Crippen molar-refractivity contribution in [1.29, 1.82) is 0 Å². The van der Waals surface area contributed by atoms with E-state index < -0.39 is 0 Å². The van der Waals surface area contributed by atoms with Crippen LogP contribution in [0.1, 0.15) is 31.9 Å². The summed E-state index contributed by atoms with van der Waals surface area (Å²) in [6.45, 7) is 6.83. The van der Waals surface area contributed by atoms with Gasteiger partial charge >= 0.3 is 0 Å². The van der Waals surface area contributed by atoms with E-state index in [1.807, 2.05) is 0 Å². The molecule has 0 aliphatic rings. The molecule has 0 radical (unpaired) electrons. The average molecular weight is 286 g/mol. The molecule has 0 bridgehead atoms. The summed E-state index contributed by atoms with van der Waals surface area (Å²) in [5.74, 6) is 0. The third-order valence-electron chi connectivity index (χ3n) is 2.42. The molecule has 0 aromatic heterocycles. The van der Waals surface area contributed by atoms with Gasteiger partial charge in [0, 0.05) is 23.7 Å². The topological polar surface area (TPSA) is 21.3 Å². The van der Waals surface area contributed by atoms with Gasteiger partial charge in [0.2, 0.25) is 0 Å². The molecule has 1 atom stereocenters. The van der Waals surface area contributed by atoms with Crippen molar-refractivity contribution < 1.29 is 4.74 Å². The molecular formula is C13H20BrNO. The maximum Gasteiger partial charge on any atom is 0.0591 e. The van der Waals surface area contributed by atoms with Gasteiger partial charge in [-0.05, 0) is 31.0 Å². The maximum atomic E-state index is 5.42. The van der Waals surface area contributed by atoms with Gasteiger partial charge in [0.1, 0.15) is 0 Å². The normalized spacial score (nSPS) is 12.7. The summed E-state index contributed by atoms with van der Waals surface area (Å²) >= 11 is 3.44. The van der Waals surface area contributed by atoms with Gasteiger partial charge in [0.25, 0.3) is 0 Å². The summed E-state index contributed by atoms with van der Waals surface area (Å²) in [6.07, 6.45) is 1.09. The van der Waals surface area contributed by atoms with E-state index in [4.69, 9.17) is 4.74 Å². The van der Waals surface area contributed by atoms with Gasteiger partial charge in [-0.2, -0.15) is 0 Å². The Balaban J connectivity index is 2.24. The predicted molar refractivity (Wildman–Crippen MR) is 71.7 cm³/mol. The summed E-state index contributed by atoms with van der Waals surface area (Å²) in [5.41, 5.74) is 1.30. The summed E-state index contributed by atoms with van der Waals surface area (Å²) in [7, 11) is 0. The number of rotatable bonds is 7. The fraction of sp³-hybridized carbons (Fsp3) is 0.538. The first kappa shape index (κ1) is 13.7. The van der Waals surface area contributed by atoms with Crippen molar-refractivity contribution in [3.8, 4) is 0 Å². The Morgan fingerprint density at radius 3 is 2.56 bits per heavy atom. The molecule has 0 spiro atoms. The third-order valence-corrected chi connectivity index (χ3v) is 2.94. The molecule has 0 amide bonds. The van der Waals surface area contributed by atoms with Crippen LogP contribution in [0.5, 0.6) is 0 Å². The standard InChI is InChI=1S/C13H20BrNO/c1-3-9-16-10-8-15-11(2)12-4-6-13(14)7-5-12/h4-7,11,15H,3,8-10H2,1-2H3/t11-/m1/s1. The lowest BCUT2D eigenvalue weighted by Crippen LogP contribution is -2.23. The highest BCUT2D eigenvalue weighted by molar-refractivity contribution is 9.10. The van der Waals surface area contributed by atoms with Crippen molar-refractivity contribution in [2.75, 3.05) is 19.8 Å². The quantitative estimate of drug-likeness (QED) is 0.774. The van der Waals surface area contributed by atoms with E-state index in [0.29, 0.717) is 6.04 Å². The smallest absolute Gasteiger partial charge is 0.0591 e. The van der Waals surface area contributed by atoms with E-state index in [2.05, 4.69) is 59.4 Å². The van der Waals surface area contributed by atoms with Crippen molar-refractivity contribution in [2.24, 2.45) is 0 Å². The van der Waals surface area contributed by atoms with Crippen LogP contribution in [-0.2, 0) is 4.74 Å². The number of ether oxygens (including phenoxy) is 1. The minimum absolute atomic E-state index is 0.373. The number of hydrogen-bond donors (Lipinski definition) is 1. The largest absolute Gasteiger partial charge is 0.380 e. The van der Waals surface area contributed by atoms with E-state index in [1.54, 1.807) is 0 Å². The van der Waals surface area contributed by atoms with E-state index in [0.717, 1.165) is 30.7 Å². The van der Waals surface area contributed by atoms with Crippen molar-refractivity contribution in [3.05, 3.63) is 34.3 Å². The van der Waals surface area contributed by atoms with Crippen LogP contribution < -0.4 is 5.32 Å². The minimum Gasteiger partial charge on any atom is -0.380 e. The van der Waals surface area contributed by atoms with Crippen molar-refractivity contribution in [1.82, 2.24) is 5.32 Å². The van der Waals surface area contributed by atoms with Crippen LogP contribution in [-0.4, -0.2) is 19.8 Å². The summed E-state index contributed by atoms with van der Waals surface area (Å²) in [6, 6.07) is 8.78. The Bertz CT molecular complexity index is 286. The second-order valence-electron chi connectivity index (χ2n) is 3.84. The van der Waals surface area contributed by atoms with Crippen LogP contribution in [0.25, 0.3) is 0 Å². The molecule has 1 aromatic carbocycles. The zero-order valence-corrected chi connectivity index (χ0v) is 11.6. The molecule has 16 heavy (non-hydrogen) atoms. The Kier molecular flexibility index (Phi) is 6.69. The minimum atomic E-state index is 0.373. The first-order valence-electron chi connectivity index (χ1n) is 5.80. The highest BCUT2D eigenvalue weighted by Gasteiger charge is 2.03. The van der Waals surface area contributed by atoms with Gasteiger partial charge in [0.05, 0.1) is 6.61 Å². The SMILES string of the molecule is CCCOCCN[C@H](C)c1ccc(Br)cc1. The highest BCUT2D eigenvalue weighted by Crippen LogP contribution is 2.16. The van der Waals surface area contributed by atoms with Crippen LogP contribution in [0, 0.1) is 0 Å². The van der Waals surface area contributed by atoms with Gasteiger partial charge in [-0.25, -0.2) is 0 Å². The Morgan fingerprint density at radius 1 is 1.25 bits per heavy atom. The molecule has 0 saturated heterocycles. The Hall–Kier alpha value is -0.380. The predicted octanol–water partition coefficient (Wildman–Crippen LogP) is 3.53. The molecule has 0 fully saturated rings. The second-order valence-corrected chi connectivity index (χ2v) is 4.76. The molecule has 0 unspecified atom stereocenters. The van der Waals surface area contributed by atoms with E-state index in [-0.39, 0.29) is 0 Å². The fourth-order valence-corrected chi connectivity index (χ4v) is 1.73. The summed E-state index contributed by atoms with van der Waals surface area (Å²) < 4.78 is 6.54. The molecular weight excluding hydrogens is 266 g/mol.